The molecule has 2 aromatic heterocycles. The molecule has 0 bridgehead atoms. The van der Waals surface area contributed by atoms with Gasteiger partial charge in [-0.15, -0.1) is 0 Å². The molecule has 0 radical (unpaired) electrons. The summed E-state index contributed by atoms with van der Waals surface area (Å²) < 4.78 is 39.3. The Hall–Kier alpha value is -4.42. The van der Waals surface area contributed by atoms with Crippen molar-refractivity contribution in [3.05, 3.63) is 41.4 Å². The highest BCUT2D eigenvalue weighted by atomic mass is 32.2. The van der Waals surface area contributed by atoms with E-state index < -0.39 is 22.2 Å². The number of nitriles is 1. The number of H-pyrrole nitrogens is 1. The highest BCUT2D eigenvalue weighted by molar-refractivity contribution is 7.92. The van der Waals surface area contributed by atoms with Gasteiger partial charge in [-0.05, 0) is 18.6 Å². The zero-order valence-corrected chi connectivity index (χ0v) is 24.5. The van der Waals surface area contributed by atoms with Gasteiger partial charge in [0.25, 0.3) is 5.88 Å². The molecule has 1 aromatic carbocycles. The number of carbonyl (C=O) groups excluding carboxylic acids is 1. The van der Waals surface area contributed by atoms with Crippen LogP contribution in [0.3, 0.4) is 0 Å². The lowest BCUT2D eigenvalue weighted by molar-refractivity contribution is -0.128. The van der Waals surface area contributed by atoms with Crippen molar-refractivity contribution >= 4 is 38.6 Å². The third kappa shape index (κ3) is 5.68. The highest BCUT2D eigenvalue weighted by Crippen LogP contribution is 2.44. The van der Waals surface area contributed by atoms with E-state index >= 15 is 0 Å². The van der Waals surface area contributed by atoms with Crippen LogP contribution in [0.25, 0.3) is 10.9 Å². The number of piperazine rings is 1. The topological polar surface area (TPSA) is 170 Å². The largest absolute Gasteiger partial charge is 0.481 e. The van der Waals surface area contributed by atoms with Crippen LogP contribution in [0, 0.1) is 18.3 Å². The molecule has 2 atom stereocenters. The Morgan fingerprint density at radius 3 is 2.88 bits per heavy atom. The Morgan fingerprint density at radius 2 is 2.14 bits per heavy atom. The standard InChI is InChI=1S/C27H33N9O5S/c1-5-42(38,39)36-13-12-35(15-18(36)8-10-28)25-24-26(32-27(31-25)29-11-9-22(37)34(3)4)41-21(16-40-24)23-17(2)6-7-20-19(23)14-30-33-20/h5-7,14,18,21H,1,8-9,11-13,15-16H2,2-4H3,(H,30,33)(H,29,31,32)/t18-,21?/m0/s1. The van der Waals surface area contributed by atoms with Crippen molar-refractivity contribution in [2.75, 3.05) is 57.1 Å². The fourth-order valence-electron chi connectivity index (χ4n) is 5.20. The smallest absolute Gasteiger partial charge is 0.265 e. The number of carbonyl (C=O) groups is 1. The van der Waals surface area contributed by atoms with E-state index in [1.807, 2.05) is 24.0 Å². The van der Waals surface area contributed by atoms with Crippen LogP contribution in [0.5, 0.6) is 11.6 Å². The van der Waals surface area contributed by atoms with Crippen LogP contribution in [-0.2, 0) is 14.8 Å². The lowest BCUT2D eigenvalue weighted by atomic mass is 9.99. The lowest BCUT2D eigenvalue weighted by Gasteiger charge is -2.40. The first-order valence-electron chi connectivity index (χ1n) is 13.5. The molecule has 2 aliphatic heterocycles. The van der Waals surface area contributed by atoms with Crippen molar-refractivity contribution < 1.29 is 22.7 Å². The van der Waals surface area contributed by atoms with Gasteiger partial charge in [0.05, 0.1) is 30.2 Å². The summed E-state index contributed by atoms with van der Waals surface area (Å²) in [4.78, 5) is 24.8. The first kappa shape index (κ1) is 29.1. The molecule has 1 fully saturated rings. The van der Waals surface area contributed by atoms with Crippen molar-refractivity contribution in [1.82, 2.24) is 29.4 Å². The summed E-state index contributed by atoms with van der Waals surface area (Å²) in [6, 6.07) is 5.41. The number of sulfonamides is 1. The number of aromatic amines is 1. The number of fused-ring (bicyclic) bond motifs is 2. The summed E-state index contributed by atoms with van der Waals surface area (Å²) >= 11 is 0. The number of benzene rings is 1. The molecule has 1 amide bonds. The minimum absolute atomic E-state index is 0.0119. The number of rotatable bonds is 9. The summed E-state index contributed by atoms with van der Waals surface area (Å²) in [7, 11) is -0.355. The maximum atomic E-state index is 12.6. The van der Waals surface area contributed by atoms with Gasteiger partial charge in [0.1, 0.15) is 6.61 Å². The number of hydrogen-bond donors (Lipinski definition) is 2. The van der Waals surface area contributed by atoms with E-state index in [0.29, 0.717) is 11.6 Å². The highest BCUT2D eigenvalue weighted by Gasteiger charge is 2.38. The van der Waals surface area contributed by atoms with Crippen LogP contribution in [0.15, 0.2) is 30.3 Å². The molecule has 0 saturated carbocycles. The quantitative estimate of drug-likeness (QED) is 0.371. The second kappa shape index (κ2) is 11.8. The summed E-state index contributed by atoms with van der Waals surface area (Å²) in [6.07, 6.45) is 1.49. The second-order valence-corrected chi connectivity index (χ2v) is 12.1. The van der Waals surface area contributed by atoms with Gasteiger partial charge in [-0.2, -0.15) is 24.6 Å². The first-order chi connectivity index (χ1) is 20.1. The Bertz CT molecular complexity index is 1650. The third-order valence-electron chi connectivity index (χ3n) is 7.37. The molecule has 5 rings (SSSR count). The molecule has 42 heavy (non-hydrogen) atoms. The molecule has 14 nitrogen and oxygen atoms in total. The number of ether oxygens (including phenoxy) is 2. The molecular weight excluding hydrogens is 562 g/mol. The van der Waals surface area contributed by atoms with E-state index in [2.05, 4.69) is 33.1 Å². The molecule has 2 N–H and O–H groups in total. The number of nitrogens with zero attached hydrogens (tertiary/aromatic N) is 7. The normalized spacial score (nSPS) is 18.9. The van der Waals surface area contributed by atoms with E-state index in [0.717, 1.165) is 27.4 Å². The molecule has 2 aliphatic rings. The van der Waals surface area contributed by atoms with Crippen molar-refractivity contribution in [3.8, 4) is 17.7 Å². The number of nitrogens with one attached hydrogen (secondary N) is 2. The number of aromatic nitrogens is 4. The van der Waals surface area contributed by atoms with Crippen molar-refractivity contribution in [1.29, 1.82) is 5.26 Å². The maximum Gasteiger partial charge on any atom is 0.265 e. The molecule has 222 valence electrons. The van der Waals surface area contributed by atoms with E-state index in [1.165, 1.54) is 9.21 Å². The molecule has 1 saturated heterocycles. The van der Waals surface area contributed by atoms with Gasteiger partial charge in [-0.25, -0.2) is 8.42 Å². The Labute approximate surface area is 244 Å². The van der Waals surface area contributed by atoms with E-state index in [4.69, 9.17) is 14.5 Å². The van der Waals surface area contributed by atoms with Crippen LogP contribution < -0.4 is 19.7 Å². The van der Waals surface area contributed by atoms with Crippen LogP contribution in [0.4, 0.5) is 11.8 Å². The zero-order chi connectivity index (χ0) is 30.0. The van der Waals surface area contributed by atoms with E-state index in [1.54, 1.807) is 20.3 Å². The molecule has 4 heterocycles. The van der Waals surface area contributed by atoms with Crippen molar-refractivity contribution in [3.63, 3.8) is 0 Å². The average molecular weight is 596 g/mol. The van der Waals surface area contributed by atoms with Crippen LogP contribution in [-0.4, -0.2) is 96.6 Å². The minimum Gasteiger partial charge on any atom is -0.481 e. The molecular formula is C27H33N9O5S. The van der Waals surface area contributed by atoms with Gasteiger partial charge in [0.2, 0.25) is 27.6 Å². The van der Waals surface area contributed by atoms with Gasteiger partial charge in [-0.1, -0.05) is 12.6 Å². The summed E-state index contributed by atoms with van der Waals surface area (Å²) in [5.74, 6) is 1.14. The Kier molecular flexibility index (Phi) is 8.19. The minimum atomic E-state index is -3.73. The van der Waals surface area contributed by atoms with Gasteiger partial charge in [-0.3, -0.25) is 9.89 Å². The number of aryl methyl sites for hydroxylation is 1. The van der Waals surface area contributed by atoms with Gasteiger partial charge in [0.15, 0.2) is 11.9 Å². The predicted octanol–water partition coefficient (Wildman–Crippen LogP) is 1.94. The maximum absolute atomic E-state index is 12.6. The number of hydrogen-bond acceptors (Lipinski definition) is 11. The number of amides is 1. The zero-order valence-electron chi connectivity index (χ0n) is 23.7. The van der Waals surface area contributed by atoms with Crippen LogP contribution in [0.1, 0.15) is 30.1 Å². The second-order valence-electron chi connectivity index (χ2n) is 10.3. The molecule has 0 aliphatic carbocycles. The predicted molar refractivity (Wildman–Crippen MR) is 156 cm³/mol. The Balaban J connectivity index is 1.49. The monoisotopic (exact) mass is 595 g/mol. The SMILES string of the molecule is C=CS(=O)(=O)N1CCN(c2nc(NCCC(=O)N(C)C)nc3c2OCC(c2c(C)ccc4[nH]ncc24)O3)C[C@@H]1CC#N. The average Bonchev–Trinajstić information content (AvgIpc) is 3.45. The van der Waals surface area contributed by atoms with Crippen LogP contribution >= 0.6 is 0 Å². The van der Waals surface area contributed by atoms with Gasteiger partial charge in [0, 0.05) is 63.1 Å². The first-order valence-corrected chi connectivity index (χ1v) is 15.0. The molecule has 1 unspecified atom stereocenters. The van der Waals surface area contributed by atoms with Crippen molar-refractivity contribution in [2.24, 2.45) is 0 Å². The van der Waals surface area contributed by atoms with E-state index in [-0.39, 0.29) is 63.4 Å². The summed E-state index contributed by atoms with van der Waals surface area (Å²) in [6.45, 7) is 6.51. The molecule has 0 spiro atoms. The number of anilines is 2. The summed E-state index contributed by atoms with van der Waals surface area (Å²) in [5, 5.41) is 21.5. The fourth-order valence-corrected chi connectivity index (χ4v) is 6.29. The van der Waals surface area contributed by atoms with Gasteiger partial charge >= 0.3 is 0 Å². The van der Waals surface area contributed by atoms with Crippen molar-refractivity contribution in [2.45, 2.75) is 31.9 Å². The lowest BCUT2D eigenvalue weighted by Crippen LogP contribution is -2.55. The Morgan fingerprint density at radius 1 is 1.33 bits per heavy atom. The fraction of sp³-hybridized carbons (Fsp3) is 0.444. The third-order valence-corrected chi connectivity index (χ3v) is 8.92. The van der Waals surface area contributed by atoms with Gasteiger partial charge < -0.3 is 24.6 Å². The summed E-state index contributed by atoms with van der Waals surface area (Å²) in [5.41, 5.74) is 2.81. The molecule has 15 heteroatoms. The van der Waals surface area contributed by atoms with E-state index in [9.17, 15) is 18.5 Å². The molecule has 3 aromatic rings. The van der Waals surface area contributed by atoms with Crippen LogP contribution in [0.2, 0.25) is 0 Å².